The van der Waals surface area contributed by atoms with Crippen molar-refractivity contribution in [2.75, 3.05) is 14.2 Å². The summed E-state index contributed by atoms with van der Waals surface area (Å²) < 4.78 is 4.96. The minimum atomic E-state index is -0.656. The molecule has 0 unspecified atom stereocenters. The first kappa shape index (κ1) is 11.9. The number of hydrogen-bond donors (Lipinski definition) is 1. The van der Waals surface area contributed by atoms with Crippen LogP contribution in [-0.4, -0.2) is 26.4 Å². The first-order chi connectivity index (χ1) is 6.15. The van der Waals surface area contributed by atoms with E-state index in [-0.39, 0.29) is 5.57 Å². The van der Waals surface area contributed by atoms with Crippen molar-refractivity contribution in [2.45, 2.75) is 0 Å². The lowest BCUT2D eigenvalue weighted by Gasteiger charge is -1.96. The van der Waals surface area contributed by atoms with E-state index in [1.165, 1.54) is 13.2 Å². The number of esters is 1. The Hall–Kier alpha value is -1.10. The third-order valence-electron chi connectivity index (χ3n) is 1.12. The summed E-state index contributed by atoms with van der Waals surface area (Å²) in [5.74, 6) is -0.656. The molecule has 0 heterocycles. The molecule has 0 rings (SSSR count). The van der Waals surface area contributed by atoms with Gasteiger partial charge in [-0.3, -0.25) is 4.79 Å². The lowest BCUT2D eigenvalue weighted by atomic mass is 10.3. The van der Waals surface area contributed by atoms with Gasteiger partial charge >= 0.3 is 5.97 Å². The van der Waals surface area contributed by atoms with Gasteiger partial charge in [-0.05, 0) is 22.0 Å². The largest absolute Gasteiger partial charge is 0.465 e. The number of rotatable bonds is 4. The number of nitrogens with one attached hydrogen (secondary N) is 1. The Labute approximate surface area is 84.8 Å². The molecule has 0 aromatic rings. The van der Waals surface area contributed by atoms with Gasteiger partial charge in [-0.25, -0.2) is 4.79 Å². The van der Waals surface area contributed by atoms with Gasteiger partial charge in [0.2, 0.25) is 0 Å². The van der Waals surface area contributed by atoms with Crippen LogP contribution in [0.5, 0.6) is 0 Å². The SMILES string of the molecule is CN/C=C(Br)\C=C(/C=O)C(=O)OC. The minimum absolute atomic E-state index is 0.0409. The van der Waals surface area contributed by atoms with Gasteiger partial charge in [-0.1, -0.05) is 0 Å². The van der Waals surface area contributed by atoms with Crippen molar-refractivity contribution in [3.8, 4) is 0 Å². The van der Waals surface area contributed by atoms with E-state index in [9.17, 15) is 9.59 Å². The Morgan fingerprint density at radius 2 is 2.15 bits per heavy atom. The molecule has 0 atom stereocenters. The maximum atomic E-state index is 10.9. The highest BCUT2D eigenvalue weighted by Gasteiger charge is 2.07. The van der Waals surface area contributed by atoms with Crippen LogP contribution < -0.4 is 5.32 Å². The van der Waals surface area contributed by atoms with Gasteiger partial charge in [0.15, 0.2) is 6.29 Å². The lowest BCUT2D eigenvalue weighted by molar-refractivity contribution is -0.136. The molecule has 0 aliphatic rings. The normalized spacial score (nSPS) is 12.2. The highest BCUT2D eigenvalue weighted by Crippen LogP contribution is 2.08. The van der Waals surface area contributed by atoms with E-state index in [0.717, 1.165) is 0 Å². The van der Waals surface area contributed by atoms with E-state index >= 15 is 0 Å². The molecule has 0 fully saturated rings. The minimum Gasteiger partial charge on any atom is -0.465 e. The van der Waals surface area contributed by atoms with Crippen molar-refractivity contribution < 1.29 is 14.3 Å². The molecule has 0 radical (unpaired) electrons. The molecule has 0 aliphatic heterocycles. The number of halogens is 1. The van der Waals surface area contributed by atoms with Crippen LogP contribution >= 0.6 is 15.9 Å². The number of carbonyl (C=O) groups is 2. The molecule has 0 saturated heterocycles. The van der Waals surface area contributed by atoms with Gasteiger partial charge in [0.25, 0.3) is 0 Å². The van der Waals surface area contributed by atoms with E-state index in [2.05, 4.69) is 26.0 Å². The summed E-state index contributed by atoms with van der Waals surface area (Å²) in [4.78, 5) is 21.3. The molecule has 4 nitrogen and oxygen atoms in total. The molecule has 72 valence electrons. The molecule has 0 aliphatic carbocycles. The fraction of sp³-hybridized carbons (Fsp3) is 0.250. The Morgan fingerprint density at radius 1 is 1.54 bits per heavy atom. The summed E-state index contributed by atoms with van der Waals surface area (Å²) in [6.07, 6.45) is 3.40. The predicted molar refractivity (Wildman–Crippen MR) is 52.2 cm³/mol. The summed E-state index contributed by atoms with van der Waals surface area (Å²) in [5, 5.41) is 2.73. The highest BCUT2D eigenvalue weighted by molar-refractivity contribution is 9.11. The molecule has 0 amide bonds. The maximum absolute atomic E-state index is 10.9. The Bertz CT molecular complexity index is 258. The fourth-order valence-corrected chi connectivity index (χ4v) is 1.06. The number of allylic oxidation sites excluding steroid dienone is 2. The number of ether oxygens (including phenoxy) is 1. The van der Waals surface area contributed by atoms with Crippen LogP contribution in [0.25, 0.3) is 0 Å². The van der Waals surface area contributed by atoms with Crippen LogP contribution in [0.15, 0.2) is 22.3 Å². The van der Waals surface area contributed by atoms with Crippen LogP contribution in [0, 0.1) is 0 Å². The summed E-state index contributed by atoms with van der Waals surface area (Å²) >= 11 is 3.13. The van der Waals surface area contributed by atoms with E-state index in [1.54, 1.807) is 13.2 Å². The monoisotopic (exact) mass is 247 g/mol. The van der Waals surface area contributed by atoms with Crippen LogP contribution in [0.1, 0.15) is 0 Å². The van der Waals surface area contributed by atoms with E-state index < -0.39 is 5.97 Å². The van der Waals surface area contributed by atoms with Crippen molar-refractivity contribution in [2.24, 2.45) is 0 Å². The summed E-state index contributed by atoms with van der Waals surface area (Å²) in [6.45, 7) is 0. The zero-order valence-electron chi connectivity index (χ0n) is 7.33. The highest BCUT2D eigenvalue weighted by atomic mass is 79.9. The maximum Gasteiger partial charge on any atom is 0.341 e. The second-order valence-electron chi connectivity index (χ2n) is 2.03. The van der Waals surface area contributed by atoms with Crippen LogP contribution in [0.3, 0.4) is 0 Å². The molecular formula is C8H10BrNO3. The molecule has 0 bridgehead atoms. The van der Waals surface area contributed by atoms with Gasteiger partial charge in [0, 0.05) is 17.7 Å². The quantitative estimate of drug-likeness (QED) is 0.199. The summed E-state index contributed by atoms with van der Waals surface area (Å²) in [5.41, 5.74) is -0.0409. The van der Waals surface area contributed by atoms with Gasteiger partial charge < -0.3 is 10.1 Å². The van der Waals surface area contributed by atoms with Crippen molar-refractivity contribution in [3.63, 3.8) is 0 Å². The van der Waals surface area contributed by atoms with Crippen molar-refractivity contribution in [1.29, 1.82) is 0 Å². The van der Waals surface area contributed by atoms with Gasteiger partial charge in [-0.15, -0.1) is 0 Å². The van der Waals surface area contributed by atoms with Gasteiger partial charge in [0.05, 0.1) is 7.11 Å². The molecule has 1 N–H and O–H groups in total. The smallest absolute Gasteiger partial charge is 0.341 e. The topological polar surface area (TPSA) is 55.4 Å². The van der Waals surface area contributed by atoms with Crippen LogP contribution in [0.2, 0.25) is 0 Å². The van der Waals surface area contributed by atoms with Gasteiger partial charge in [-0.2, -0.15) is 0 Å². The van der Waals surface area contributed by atoms with Crippen LogP contribution in [0.4, 0.5) is 0 Å². The molecule has 0 aromatic carbocycles. The summed E-state index contributed by atoms with van der Waals surface area (Å²) in [7, 11) is 2.92. The second-order valence-corrected chi connectivity index (χ2v) is 2.94. The van der Waals surface area contributed by atoms with E-state index in [0.29, 0.717) is 10.8 Å². The van der Waals surface area contributed by atoms with Gasteiger partial charge in [0.1, 0.15) is 5.57 Å². The number of methoxy groups -OCH3 is 1. The zero-order chi connectivity index (χ0) is 10.3. The molecular weight excluding hydrogens is 238 g/mol. The molecule has 0 aromatic heterocycles. The Kier molecular flexibility index (Phi) is 5.88. The molecule has 13 heavy (non-hydrogen) atoms. The molecule has 5 heteroatoms. The lowest BCUT2D eigenvalue weighted by Crippen LogP contribution is -2.06. The van der Waals surface area contributed by atoms with E-state index in [4.69, 9.17) is 0 Å². The first-order valence-corrected chi connectivity index (χ1v) is 4.23. The number of hydrogen-bond acceptors (Lipinski definition) is 4. The Morgan fingerprint density at radius 3 is 2.54 bits per heavy atom. The predicted octanol–water partition coefficient (Wildman–Crippen LogP) is 0.740. The second kappa shape index (κ2) is 6.42. The number of carbonyl (C=O) groups excluding carboxylic acids is 2. The molecule has 0 spiro atoms. The summed E-state index contributed by atoms with van der Waals surface area (Å²) in [6, 6.07) is 0. The third-order valence-corrected chi connectivity index (χ3v) is 1.58. The zero-order valence-corrected chi connectivity index (χ0v) is 8.92. The number of aldehydes is 1. The van der Waals surface area contributed by atoms with Crippen LogP contribution in [-0.2, 0) is 14.3 Å². The van der Waals surface area contributed by atoms with Crippen molar-refractivity contribution >= 4 is 28.2 Å². The molecule has 0 saturated carbocycles. The average Bonchev–Trinajstić information content (AvgIpc) is 2.13. The average molecular weight is 248 g/mol. The standard InChI is InChI=1S/C8H10BrNO3/c1-10-4-7(9)3-6(5-11)8(12)13-2/h3-5,10H,1-2H3/b6-3+,7-4+. The Balaban J connectivity index is 4.66. The fourth-order valence-electron chi connectivity index (χ4n) is 0.587. The van der Waals surface area contributed by atoms with Crippen molar-refractivity contribution in [3.05, 3.63) is 22.3 Å². The van der Waals surface area contributed by atoms with E-state index in [1.807, 2.05) is 0 Å². The third kappa shape index (κ3) is 4.47. The first-order valence-electron chi connectivity index (χ1n) is 3.43. The van der Waals surface area contributed by atoms with Crippen molar-refractivity contribution in [1.82, 2.24) is 5.32 Å².